The molecule has 0 aromatic heterocycles. The van der Waals surface area contributed by atoms with Crippen LogP contribution in [0.1, 0.15) is 37.4 Å². The number of carbonyl (C=O) groups excluding carboxylic acids is 1. The van der Waals surface area contributed by atoms with E-state index in [1.807, 2.05) is 19.9 Å². The Morgan fingerprint density at radius 2 is 2.16 bits per heavy atom. The molecule has 0 spiro atoms. The van der Waals surface area contributed by atoms with Crippen molar-refractivity contribution >= 4 is 11.6 Å². The number of fused-ring (bicyclic) bond motifs is 2. The number of hydrazine groups is 1. The summed E-state index contributed by atoms with van der Waals surface area (Å²) in [5, 5.41) is 2.96. The molecule has 100 valence electrons. The van der Waals surface area contributed by atoms with Gasteiger partial charge in [-0.1, -0.05) is 12.1 Å². The first-order chi connectivity index (χ1) is 9.07. The number of hydrogen-bond donors (Lipinski definition) is 3. The quantitative estimate of drug-likeness (QED) is 0.718. The lowest BCUT2D eigenvalue weighted by molar-refractivity contribution is -0.119. The highest BCUT2D eigenvalue weighted by Gasteiger charge is 2.46. The Morgan fingerprint density at radius 1 is 1.32 bits per heavy atom. The van der Waals surface area contributed by atoms with E-state index in [-0.39, 0.29) is 5.91 Å². The van der Waals surface area contributed by atoms with Gasteiger partial charge in [0.15, 0.2) is 0 Å². The first kappa shape index (κ1) is 11.4. The largest absolute Gasteiger partial charge is 0.325 e. The van der Waals surface area contributed by atoms with Crippen molar-refractivity contribution < 1.29 is 4.79 Å². The van der Waals surface area contributed by atoms with Gasteiger partial charge in [-0.3, -0.25) is 15.6 Å². The van der Waals surface area contributed by atoms with E-state index in [4.69, 9.17) is 0 Å². The van der Waals surface area contributed by atoms with Gasteiger partial charge in [0, 0.05) is 18.3 Å². The molecule has 1 aliphatic carbocycles. The number of anilines is 1. The van der Waals surface area contributed by atoms with Crippen LogP contribution in [0.4, 0.5) is 5.69 Å². The summed E-state index contributed by atoms with van der Waals surface area (Å²) in [7, 11) is 0. The molecule has 4 nitrogen and oxygen atoms in total. The standard InChI is InChI=1S/C15H19N3O/c1-15(2)11-6-8(3-4-12(11)17-14(15)19)13-10-5-9(10)7-16-18-13/h3-4,6,9-10,13,16,18H,5,7H2,1-2H3,(H,17,19). The molecule has 0 radical (unpaired) electrons. The van der Waals surface area contributed by atoms with E-state index in [0.717, 1.165) is 29.6 Å². The molecule has 4 heteroatoms. The molecule has 1 saturated carbocycles. The Kier molecular flexibility index (Phi) is 2.16. The maximum absolute atomic E-state index is 12.0. The topological polar surface area (TPSA) is 53.2 Å². The monoisotopic (exact) mass is 257 g/mol. The summed E-state index contributed by atoms with van der Waals surface area (Å²) in [6.45, 7) is 5.06. The molecular formula is C15H19N3O. The van der Waals surface area contributed by atoms with Crippen LogP contribution in [0, 0.1) is 11.8 Å². The van der Waals surface area contributed by atoms with Crippen molar-refractivity contribution in [2.24, 2.45) is 11.8 Å². The third-order valence-electron chi connectivity index (χ3n) is 4.92. The Labute approximate surface area is 112 Å². The van der Waals surface area contributed by atoms with E-state index in [1.54, 1.807) is 0 Å². The third-order valence-corrected chi connectivity index (χ3v) is 4.92. The van der Waals surface area contributed by atoms with Crippen LogP contribution >= 0.6 is 0 Å². The molecule has 0 bridgehead atoms. The van der Waals surface area contributed by atoms with Crippen molar-refractivity contribution in [1.29, 1.82) is 0 Å². The van der Waals surface area contributed by atoms with Crippen LogP contribution < -0.4 is 16.2 Å². The number of benzene rings is 1. The van der Waals surface area contributed by atoms with Gasteiger partial charge in [-0.2, -0.15) is 0 Å². The lowest BCUT2D eigenvalue weighted by Gasteiger charge is -2.25. The second-order valence-corrected chi connectivity index (χ2v) is 6.55. The third kappa shape index (κ3) is 1.56. The van der Waals surface area contributed by atoms with Crippen molar-refractivity contribution in [2.45, 2.75) is 31.7 Å². The number of nitrogens with one attached hydrogen (secondary N) is 3. The summed E-state index contributed by atoms with van der Waals surface area (Å²) >= 11 is 0. The maximum Gasteiger partial charge on any atom is 0.234 e. The molecular weight excluding hydrogens is 238 g/mol. The van der Waals surface area contributed by atoms with Gasteiger partial charge in [0.25, 0.3) is 0 Å². The van der Waals surface area contributed by atoms with Crippen molar-refractivity contribution in [3.8, 4) is 0 Å². The maximum atomic E-state index is 12.0. The van der Waals surface area contributed by atoms with Crippen molar-refractivity contribution in [3.63, 3.8) is 0 Å². The SMILES string of the molecule is CC1(C)C(=O)Nc2ccc(C3NNCC4CC43)cc21. The van der Waals surface area contributed by atoms with Gasteiger partial charge in [-0.25, -0.2) is 0 Å². The average Bonchev–Trinajstić information content (AvgIpc) is 3.13. The highest BCUT2D eigenvalue weighted by atomic mass is 16.2. The molecule has 4 rings (SSSR count). The predicted molar refractivity (Wildman–Crippen MR) is 73.6 cm³/mol. The Bertz CT molecular complexity index is 567. The van der Waals surface area contributed by atoms with E-state index in [0.29, 0.717) is 6.04 Å². The first-order valence-corrected chi connectivity index (χ1v) is 7.01. The minimum Gasteiger partial charge on any atom is -0.325 e. The fourth-order valence-corrected chi connectivity index (χ4v) is 3.43. The number of hydrogen-bond acceptors (Lipinski definition) is 3. The van der Waals surface area contributed by atoms with Gasteiger partial charge in [0.1, 0.15) is 0 Å². The molecule has 2 fully saturated rings. The van der Waals surface area contributed by atoms with Crippen LogP contribution in [0.2, 0.25) is 0 Å². The van der Waals surface area contributed by atoms with Crippen LogP contribution in [-0.2, 0) is 10.2 Å². The minimum absolute atomic E-state index is 0.0960. The number of carbonyl (C=O) groups is 1. The van der Waals surface area contributed by atoms with E-state index < -0.39 is 5.41 Å². The van der Waals surface area contributed by atoms with Crippen molar-refractivity contribution in [2.75, 3.05) is 11.9 Å². The molecule has 3 N–H and O–H groups in total. The molecule has 1 aromatic rings. The van der Waals surface area contributed by atoms with Gasteiger partial charge >= 0.3 is 0 Å². The van der Waals surface area contributed by atoms with Crippen LogP contribution in [0.25, 0.3) is 0 Å². The van der Waals surface area contributed by atoms with E-state index in [2.05, 4.69) is 28.3 Å². The Balaban J connectivity index is 1.73. The summed E-state index contributed by atoms with van der Waals surface area (Å²) in [4.78, 5) is 12.0. The van der Waals surface area contributed by atoms with Gasteiger partial charge in [0.2, 0.25) is 5.91 Å². The second-order valence-electron chi connectivity index (χ2n) is 6.55. The summed E-state index contributed by atoms with van der Waals surface area (Å²) < 4.78 is 0. The molecule has 2 aliphatic heterocycles. The van der Waals surface area contributed by atoms with Gasteiger partial charge in [-0.05, 0) is 49.3 Å². The fourth-order valence-electron chi connectivity index (χ4n) is 3.43. The van der Waals surface area contributed by atoms with Crippen LogP contribution in [0.5, 0.6) is 0 Å². The predicted octanol–water partition coefficient (Wildman–Crippen LogP) is 1.70. The second kappa shape index (κ2) is 3.58. The molecule has 3 atom stereocenters. The summed E-state index contributed by atoms with van der Waals surface area (Å²) in [6, 6.07) is 6.77. The molecule has 1 saturated heterocycles. The molecule has 3 unspecified atom stereocenters. The van der Waals surface area contributed by atoms with Crippen molar-refractivity contribution in [1.82, 2.24) is 10.9 Å². The summed E-state index contributed by atoms with van der Waals surface area (Å²) in [5.41, 5.74) is 9.66. The molecule has 1 amide bonds. The zero-order chi connectivity index (χ0) is 13.2. The van der Waals surface area contributed by atoms with Crippen LogP contribution in [-0.4, -0.2) is 12.5 Å². The number of rotatable bonds is 1. The van der Waals surface area contributed by atoms with E-state index in [9.17, 15) is 4.79 Å². The minimum atomic E-state index is -0.420. The lowest BCUT2D eigenvalue weighted by atomic mass is 9.84. The molecule has 1 aromatic carbocycles. The molecule has 3 aliphatic rings. The van der Waals surface area contributed by atoms with Crippen LogP contribution in [0.3, 0.4) is 0 Å². The zero-order valence-electron chi connectivity index (χ0n) is 11.3. The highest BCUT2D eigenvalue weighted by Crippen LogP contribution is 2.49. The fraction of sp³-hybridized carbons (Fsp3) is 0.533. The molecule has 2 heterocycles. The Hall–Kier alpha value is -1.39. The summed E-state index contributed by atoms with van der Waals surface area (Å²) in [6.07, 6.45) is 1.31. The Morgan fingerprint density at radius 3 is 3.00 bits per heavy atom. The summed E-state index contributed by atoms with van der Waals surface area (Å²) in [5.74, 6) is 1.68. The lowest BCUT2D eigenvalue weighted by Crippen LogP contribution is -2.42. The van der Waals surface area contributed by atoms with Gasteiger partial charge in [-0.15, -0.1) is 0 Å². The van der Waals surface area contributed by atoms with Gasteiger partial charge < -0.3 is 5.32 Å². The average molecular weight is 257 g/mol. The van der Waals surface area contributed by atoms with Crippen molar-refractivity contribution in [3.05, 3.63) is 29.3 Å². The van der Waals surface area contributed by atoms with E-state index >= 15 is 0 Å². The van der Waals surface area contributed by atoms with Gasteiger partial charge in [0.05, 0.1) is 5.41 Å². The first-order valence-electron chi connectivity index (χ1n) is 7.01. The van der Waals surface area contributed by atoms with Crippen LogP contribution in [0.15, 0.2) is 18.2 Å². The smallest absolute Gasteiger partial charge is 0.234 e. The molecule has 19 heavy (non-hydrogen) atoms. The zero-order valence-corrected chi connectivity index (χ0v) is 11.3. The number of amides is 1. The highest BCUT2D eigenvalue weighted by molar-refractivity contribution is 6.05. The normalized spacial score (nSPS) is 34.4. The van der Waals surface area contributed by atoms with E-state index in [1.165, 1.54) is 12.0 Å².